The molecule has 0 spiro atoms. The van der Waals surface area contributed by atoms with Crippen molar-refractivity contribution in [2.24, 2.45) is 0 Å². The van der Waals surface area contributed by atoms with E-state index in [2.05, 4.69) is 17.9 Å². The van der Waals surface area contributed by atoms with Crippen molar-refractivity contribution in [2.75, 3.05) is 0 Å². The van der Waals surface area contributed by atoms with Crippen molar-refractivity contribution >= 4 is 30.4 Å². The molecule has 1 aromatic carbocycles. The minimum atomic E-state index is -0.962. The molecule has 7 heteroatoms. The van der Waals surface area contributed by atoms with Gasteiger partial charge in [-0.2, -0.15) is 12.6 Å². The Hall–Kier alpha value is -2.02. The zero-order valence-corrected chi connectivity index (χ0v) is 16.1. The van der Waals surface area contributed by atoms with Crippen LogP contribution < -0.4 is 5.32 Å². The number of carboxylic acids is 1. The maximum absolute atomic E-state index is 13.0. The Morgan fingerprint density at radius 3 is 2.48 bits per heavy atom. The van der Waals surface area contributed by atoms with Gasteiger partial charge in [-0.05, 0) is 50.5 Å². The molecule has 0 aliphatic carbocycles. The van der Waals surface area contributed by atoms with Crippen LogP contribution in [-0.2, 0) is 20.8 Å². The van der Waals surface area contributed by atoms with Crippen molar-refractivity contribution in [1.29, 1.82) is 0 Å². The number of amides is 2. The van der Waals surface area contributed by atoms with Gasteiger partial charge in [-0.3, -0.25) is 9.59 Å². The molecule has 1 aromatic rings. The fraction of sp³-hybridized carbons (Fsp3) is 0.550. The number of fused-ring (bicyclic) bond motifs is 1. The molecule has 2 fully saturated rings. The van der Waals surface area contributed by atoms with E-state index in [0.717, 1.165) is 31.2 Å². The van der Waals surface area contributed by atoms with Crippen LogP contribution in [0.25, 0.3) is 0 Å². The molecule has 2 heterocycles. The predicted octanol–water partition coefficient (Wildman–Crippen LogP) is 2.03. The molecule has 0 bridgehead atoms. The Morgan fingerprint density at radius 2 is 1.81 bits per heavy atom. The summed E-state index contributed by atoms with van der Waals surface area (Å²) < 4.78 is 0. The molecule has 27 heavy (non-hydrogen) atoms. The van der Waals surface area contributed by atoms with Crippen LogP contribution >= 0.6 is 12.6 Å². The van der Waals surface area contributed by atoms with Crippen molar-refractivity contribution < 1.29 is 19.5 Å². The topological polar surface area (TPSA) is 86.7 Å². The van der Waals surface area contributed by atoms with Crippen molar-refractivity contribution in [3.63, 3.8) is 0 Å². The van der Waals surface area contributed by atoms with Gasteiger partial charge >= 0.3 is 5.97 Å². The number of nitrogens with zero attached hydrogens (tertiary/aromatic N) is 1. The van der Waals surface area contributed by atoms with Gasteiger partial charge in [0, 0.05) is 6.04 Å². The average molecular weight is 391 g/mol. The third-order valence-corrected chi connectivity index (χ3v) is 5.92. The number of carbonyl (C=O) groups is 3. The van der Waals surface area contributed by atoms with Crippen molar-refractivity contribution in [3.05, 3.63) is 35.9 Å². The van der Waals surface area contributed by atoms with Crippen LogP contribution in [-0.4, -0.2) is 51.2 Å². The van der Waals surface area contributed by atoms with E-state index in [9.17, 15) is 19.5 Å². The van der Waals surface area contributed by atoms with E-state index in [1.54, 1.807) is 0 Å². The van der Waals surface area contributed by atoms with Crippen LogP contribution in [0.2, 0.25) is 0 Å². The van der Waals surface area contributed by atoms with E-state index >= 15 is 0 Å². The first-order valence-corrected chi connectivity index (χ1v) is 10.1. The number of hydrogen-bond donors (Lipinski definition) is 3. The van der Waals surface area contributed by atoms with Gasteiger partial charge in [-0.25, -0.2) is 4.79 Å². The highest BCUT2D eigenvalue weighted by Gasteiger charge is 2.42. The lowest BCUT2D eigenvalue weighted by molar-refractivity contribution is -0.155. The molecule has 2 aliphatic rings. The fourth-order valence-corrected chi connectivity index (χ4v) is 4.42. The third kappa shape index (κ3) is 4.64. The van der Waals surface area contributed by atoms with Gasteiger partial charge in [0.1, 0.15) is 12.1 Å². The first-order chi connectivity index (χ1) is 13.0. The molecule has 6 nitrogen and oxygen atoms in total. The van der Waals surface area contributed by atoms with E-state index in [-0.39, 0.29) is 17.9 Å². The summed E-state index contributed by atoms with van der Waals surface area (Å²) in [5.41, 5.74) is 1.00. The van der Waals surface area contributed by atoms with Gasteiger partial charge in [0.15, 0.2) is 0 Å². The average Bonchev–Trinajstić information content (AvgIpc) is 2.81. The van der Waals surface area contributed by atoms with E-state index in [4.69, 9.17) is 0 Å². The highest BCUT2D eigenvalue weighted by molar-refractivity contribution is 7.81. The van der Waals surface area contributed by atoms with Crippen molar-refractivity contribution in [1.82, 2.24) is 10.2 Å². The summed E-state index contributed by atoms with van der Waals surface area (Å²) in [6, 6.07) is 8.10. The summed E-state index contributed by atoms with van der Waals surface area (Å²) in [6.07, 6.45) is 4.71. The Bertz CT molecular complexity index is 696. The van der Waals surface area contributed by atoms with Crippen molar-refractivity contribution in [3.8, 4) is 0 Å². The van der Waals surface area contributed by atoms with Crippen LogP contribution in [0.15, 0.2) is 30.3 Å². The molecule has 0 radical (unpaired) electrons. The number of aliphatic carboxylic acids is 1. The molecule has 3 rings (SSSR count). The summed E-state index contributed by atoms with van der Waals surface area (Å²) in [4.78, 5) is 38.7. The molecule has 2 saturated heterocycles. The minimum Gasteiger partial charge on any atom is -0.480 e. The Labute approximate surface area is 164 Å². The summed E-state index contributed by atoms with van der Waals surface area (Å²) in [5, 5.41) is 11.8. The van der Waals surface area contributed by atoms with Crippen LogP contribution in [0, 0.1) is 0 Å². The van der Waals surface area contributed by atoms with Crippen LogP contribution in [0.4, 0.5) is 0 Å². The maximum Gasteiger partial charge on any atom is 0.326 e. The maximum atomic E-state index is 13.0. The van der Waals surface area contributed by atoms with Crippen molar-refractivity contribution in [2.45, 2.75) is 68.3 Å². The Balaban J connectivity index is 1.67. The summed E-state index contributed by atoms with van der Waals surface area (Å²) in [5.74, 6) is -1.52. The quantitative estimate of drug-likeness (QED) is 0.672. The molecule has 2 N–H and O–H groups in total. The number of rotatable bonds is 5. The lowest BCUT2D eigenvalue weighted by atomic mass is 9.93. The highest BCUT2D eigenvalue weighted by atomic mass is 32.1. The number of carbonyl (C=O) groups excluding carboxylic acids is 2. The zero-order chi connectivity index (χ0) is 19.4. The smallest absolute Gasteiger partial charge is 0.326 e. The molecule has 4 atom stereocenters. The second kappa shape index (κ2) is 8.78. The molecule has 2 aliphatic heterocycles. The Kier molecular flexibility index (Phi) is 6.42. The SMILES string of the molecule is O=C(N[C@H]1CCC[C@H]2CCC[C@@H](C(=O)O)N2C1=O)[C@H](S)Cc1ccccc1. The van der Waals surface area contributed by atoms with Gasteiger partial charge in [-0.1, -0.05) is 30.3 Å². The van der Waals surface area contributed by atoms with Gasteiger partial charge in [0.05, 0.1) is 5.25 Å². The highest BCUT2D eigenvalue weighted by Crippen LogP contribution is 2.30. The number of hydrogen-bond acceptors (Lipinski definition) is 4. The number of piperidine rings is 1. The van der Waals surface area contributed by atoms with Crippen LogP contribution in [0.3, 0.4) is 0 Å². The van der Waals surface area contributed by atoms with Gasteiger partial charge < -0.3 is 15.3 Å². The molecule has 0 saturated carbocycles. The number of thiol groups is 1. The third-order valence-electron chi connectivity index (χ3n) is 5.50. The van der Waals surface area contributed by atoms with Gasteiger partial charge in [0.2, 0.25) is 11.8 Å². The monoisotopic (exact) mass is 390 g/mol. The summed E-state index contributed by atoms with van der Waals surface area (Å²) in [7, 11) is 0. The first kappa shape index (κ1) is 19.7. The normalized spacial score (nSPS) is 26.6. The second-order valence-corrected chi connectivity index (χ2v) is 8.01. The van der Waals surface area contributed by atoms with E-state index in [1.165, 1.54) is 4.90 Å². The first-order valence-electron chi connectivity index (χ1n) is 9.54. The number of benzene rings is 1. The van der Waals surface area contributed by atoms with Gasteiger partial charge in [-0.15, -0.1) is 0 Å². The second-order valence-electron chi connectivity index (χ2n) is 7.38. The van der Waals surface area contributed by atoms with Gasteiger partial charge in [0.25, 0.3) is 0 Å². The largest absolute Gasteiger partial charge is 0.480 e. The number of nitrogens with one attached hydrogen (secondary N) is 1. The molecule has 0 aromatic heterocycles. The Morgan fingerprint density at radius 1 is 1.15 bits per heavy atom. The molecule has 2 amide bonds. The lowest BCUT2D eigenvalue weighted by Gasteiger charge is -2.40. The molecule has 146 valence electrons. The molecule has 0 unspecified atom stereocenters. The van der Waals surface area contributed by atoms with E-state index in [1.807, 2.05) is 30.3 Å². The standard InChI is InChI=1S/C20H26N2O4S/c23-18(17(27)12-13-6-2-1-3-7-13)21-15-10-4-8-14-9-5-11-16(20(25)26)22(14)19(15)24/h1-3,6-7,14-17,27H,4-5,8-12H2,(H,21,23)(H,25,26)/t14-,15-,16-,17+/m0/s1. The zero-order valence-electron chi connectivity index (χ0n) is 15.2. The van der Waals surface area contributed by atoms with Crippen LogP contribution in [0.1, 0.15) is 44.1 Å². The molecular weight excluding hydrogens is 364 g/mol. The van der Waals surface area contributed by atoms with E-state index < -0.39 is 23.3 Å². The van der Waals surface area contributed by atoms with E-state index in [0.29, 0.717) is 19.3 Å². The minimum absolute atomic E-state index is 0.0367. The molecular formula is C20H26N2O4S. The summed E-state index contributed by atoms with van der Waals surface area (Å²) in [6.45, 7) is 0. The number of carboxylic acid groups (broad SMARTS) is 1. The lowest BCUT2D eigenvalue weighted by Crippen LogP contribution is -2.58. The van der Waals surface area contributed by atoms with Crippen LogP contribution in [0.5, 0.6) is 0 Å². The summed E-state index contributed by atoms with van der Waals surface area (Å²) >= 11 is 4.40. The fourth-order valence-electron chi connectivity index (χ4n) is 4.13. The predicted molar refractivity (Wildman–Crippen MR) is 105 cm³/mol.